The molecule has 0 heterocycles. The van der Waals surface area contributed by atoms with E-state index in [1.165, 1.54) is 0 Å². The van der Waals surface area contributed by atoms with Crippen LogP contribution >= 0.6 is 0 Å². The Morgan fingerprint density at radius 1 is 1.39 bits per heavy atom. The minimum Gasteiger partial charge on any atom is -0.387 e. The van der Waals surface area contributed by atoms with Gasteiger partial charge in [-0.3, -0.25) is 5.41 Å². The Morgan fingerprint density at radius 2 is 2.00 bits per heavy atom. The number of nitrogens with one attached hydrogen (secondary N) is 1. The molecule has 4 heteroatoms. The van der Waals surface area contributed by atoms with Crippen LogP contribution in [0.25, 0.3) is 0 Å². The van der Waals surface area contributed by atoms with Gasteiger partial charge in [-0.1, -0.05) is 30.3 Å². The van der Waals surface area contributed by atoms with Crippen molar-refractivity contribution in [2.24, 2.45) is 5.73 Å². The van der Waals surface area contributed by atoms with Crippen molar-refractivity contribution in [1.29, 1.82) is 5.41 Å². The van der Waals surface area contributed by atoms with Crippen molar-refractivity contribution >= 4 is 5.84 Å². The lowest BCUT2D eigenvalue weighted by atomic mass is 9.97. The maximum Gasteiger partial charge on any atom is 0.0995 e. The van der Waals surface area contributed by atoms with Gasteiger partial charge in [-0.05, 0) is 19.5 Å². The zero-order valence-corrected chi connectivity index (χ0v) is 11.4. The van der Waals surface area contributed by atoms with Gasteiger partial charge in [0.05, 0.1) is 18.4 Å². The van der Waals surface area contributed by atoms with Crippen molar-refractivity contribution in [1.82, 2.24) is 4.90 Å². The van der Waals surface area contributed by atoms with Crippen LogP contribution in [0.5, 0.6) is 0 Å². The van der Waals surface area contributed by atoms with Crippen molar-refractivity contribution in [3.8, 4) is 0 Å². The Labute approximate surface area is 109 Å². The highest BCUT2D eigenvalue weighted by molar-refractivity contribution is 5.84. The van der Waals surface area contributed by atoms with Crippen molar-refractivity contribution in [3.05, 3.63) is 35.9 Å². The van der Waals surface area contributed by atoms with Crippen LogP contribution in [0, 0.1) is 5.41 Å². The molecule has 0 saturated heterocycles. The summed E-state index contributed by atoms with van der Waals surface area (Å²) in [4.78, 5) is 2.17. The van der Waals surface area contributed by atoms with E-state index in [4.69, 9.17) is 15.9 Å². The van der Waals surface area contributed by atoms with Crippen LogP contribution in [0.4, 0.5) is 0 Å². The summed E-state index contributed by atoms with van der Waals surface area (Å²) >= 11 is 0. The molecule has 1 aromatic rings. The van der Waals surface area contributed by atoms with Gasteiger partial charge in [0.25, 0.3) is 0 Å². The van der Waals surface area contributed by atoms with Gasteiger partial charge < -0.3 is 15.4 Å². The molecule has 0 radical (unpaired) electrons. The molecule has 0 aliphatic rings. The maximum absolute atomic E-state index is 7.75. The molecule has 2 unspecified atom stereocenters. The molecule has 1 rings (SSSR count). The summed E-state index contributed by atoms with van der Waals surface area (Å²) in [5.74, 6) is 0.146. The van der Waals surface area contributed by atoms with Crippen molar-refractivity contribution in [2.45, 2.75) is 18.9 Å². The minimum atomic E-state index is -0.0597. The van der Waals surface area contributed by atoms with Crippen molar-refractivity contribution in [2.75, 3.05) is 27.3 Å². The summed E-state index contributed by atoms with van der Waals surface area (Å²) in [6, 6.07) is 10.3. The minimum absolute atomic E-state index is 0.0597. The van der Waals surface area contributed by atoms with Crippen molar-refractivity contribution in [3.63, 3.8) is 0 Å². The van der Waals surface area contributed by atoms with Gasteiger partial charge in [-0.2, -0.15) is 0 Å². The third kappa shape index (κ3) is 4.13. The fourth-order valence-corrected chi connectivity index (χ4v) is 1.91. The average Bonchev–Trinajstić information content (AvgIpc) is 2.36. The van der Waals surface area contributed by atoms with Crippen LogP contribution in [-0.2, 0) is 4.74 Å². The molecule has 0 saturated carbocycles. The lowest BCUT2D eigenvalue weighted by Gasteiger charge is -2.28. The van der Waals surface area contributed by atoms with E-state index in [0.717, 1.165) is 12.1 Å². The van der Waals surface area contributed by atoms with E-state index in [9.17, 15) is 0 Å². The molecule has 1 aromatic carbocycles. The van der Waals surface area contributed by atoms with E-state index >= 15 is 0 Å². The number of ether oxygens (including phenoxy) is 1. The highest BCUT2D eigenvalue weighted by Crippen LogP contribution is 2.17. The number of hydrogen-bond acceptors (Lipinski definition) is 3. The average molecular weight is 249 g/mol. The zero-order chi connectivity index (χ0) is 13.5. The first-order valence-electron chi connectivity index (χ1n) is 6.14. The van der Waals surface area contributed by atoms with Crippen LogP contribution in [0.15, 0.2) is 30.3 Å². The highest BCUT2D eigenvalue weighted by atomic mass is 16.5. The molecule has 0 fully saturated rings. The second-order valence-corrected chi connectivity index (χ2v) is 4.66. The Hall–Kier alpha value is -1.39. The summed E-state index contributed by atoms with van der Waals surface area (Å²) in [6.07, 6.45) is 0. The molecule has 4 nitrogen and oxygen atoms in total. The van der Waals surface area contributed by atoms with Gasteiger partial charge in [0.15, 0.2) is 0 Å². The SMILES string of the molecule is COCC(C)N(C)CC(C(=N)N)c1ccccc1. The molecule has 0 aromatic heterocycles. The molecule has 0 aliphatic carbocycles. The summed E-state index contributed by atoms with van der Waals surface area (Å²) in [6.45, 7) is 3.51. The smallest absolute Gasteiger partial charge is 0.0995 e. The number of nitrogens with zero attached hydrogens (tertiary/aromatic N) is 1. The van der Waals surface area contributed by atoms with Crippen LogP contribution < -0.4 is 5.73 Å². The third-order valence-corrected chi connectivity index (χ3v) is 3.21. The molecule has 2 atom stereocenters. The topological polar surface area (TPSA) is 62.3 Å². The highest BCUT2D eigenvalue weighted by Gasteiger charge is 2.19. The van der Waals surface area contributed by atoms with Gasteiger partial charge >= 0.3 is 0 Å². The van der Waals surface area contributed by atoms with E-state index < -0.39 is 0 Å². The Bertz CT molecular complexity index is 367. The van der Waals surface area contributed by atoms with Crippen LogP contribution in [0.1, 0.15) is 18.4 Å². The Balaban J connectivity index is 2.73. The lowest BCUT2D eigenvalue weighted by Crippen LogP contribution is -2.39. The van der Waals surface area contributed by atoms with E-state index in [0.29, 0.717) is 12.6 Å². The van der Waals surface area contributed by atoms with Crippen LogP contribution in [0.3, 0.4) is 0 Å². The standard InChI is InChI=1S/C14H23N3O/c1-11(10-18-3)17(2)9-13(14(15)16)12-7-5-4-6-8-12/h4-8,11,13H,9-10H2,1-3H3,(H3,15,16). The molecule has 0 bridgehead atoms. The molecular formula is C14H23N3O. The molecule has 18 heavy (non-hydrogen) atoms. The fourth-order valence-electron chi connectivity index (χ4n) is 1.91. The van der Waals surface area contributed by atoms with Gasteiger partial charge in [-0.25, -0.2) is 0 Å². The maximum atomic E-state index is 7.75. The fraction of sp³-hybridized carbons (Fsp3) is 0.500. The van der Waals surface area contributed by atoms with Crippen LogP contribution in [0.2, 0.25) is 0 Å². The summed E-state index contributed by atoms with van der Waals surface area (Å²) in [5.41, 5.74) is 6.80. The predicted molar refractivity (Wildman–Crippen MR) is 75.1 cm³/mol. The van der Waals surface area contributed by atoms with Crippen LogP contribution in [-0.4, -0.2) is 44.1 Å². The summed E-state index contributed by atoms with van der Waals surface area (Å²) in [7, 11) is 3.73. The Kier molecular flexibility index (Phi) is 5.82. The number of benzene rings is 1. The van der Waals surface area contributed by atoms with Gasteiger partial charge in [0.2, 0.25) is 0 Å². The first-order valence-corrected chi connectivity index (χ1v) is 6.14. The summed E-state index contributed by atoms with van der Waals surface area (Å²) < 4.78 is 5.15. The Morgan fingerprint density at radius 3 is 2.50 bits per heavy atom. The molecule has 0 aliphatic heterocycles. The van der Waals surface area contributed by atoms with Gasteiger partial charge in [0.1, 0.15) is 0 Å². The normalized spacial score (nSPS) is 14.4. The quantitative estimate of drug-likeness (QED) is 0.571. The van der Waals surface area contributed by atoms with E-state index in [1.54, 1.807) is 7.11 Å². The molecule has 0 amide bonds. The lowest BCUT2D eigenvalue weighted by molar-refractivity contribution is 0.115. The molecule has 0 spiro atoms. The number of methoxy groups -OCH3 is 1. The second-order valence-electron chi connectivity index (χ2n) is 4.66. The van der Waals surface area contributed by atoms with E-state index in [1.807, 2.05) is 37.4 Å². The molecule has 100 valence electrons. The van der Waals surface area contributed by atoms with E-state index in [2.05, 4.69) is 11.8 Å². The van der Waals surface area contributed by atoms with Crippen molar-refractivity contribution < 1.29 is 4.74 Å². The number of amidine groups is 1. The number of nitrogens with two attached hydrogens (primary N) is 1. The number of likely N-dealkylation sites (N-methyl/N-ethyl adjacent to an activating group) is 1. The third-order valence-electron chi connectivity index (χ3n) is 3.21. The second kappa shape index (κ2) is 7.13. The molecule has 3 N–H and O–H groups in total. The van der Waals surface area contributed by atoms with E-state index in [-0.39, 0.29) is 11.8 Å². The number of hydrogen-bond donors (Lipinski definition) is 2. The first-order chi connectivity index (χ1) is 8.56. The summed E-state index contributed by atoms with van der Waals surface area (Å²) in [5, 5.41) is 7.75. The zero-order valence-electron chi connectivity index (χ0n) is 11.4. The first kappa shape index (κ1) is 14.7. The van der Waals surface area contributed by atoms with Gasteiger partial charge in [-0.15, -0.1) is 0 Å². The largest absolute Gasteiger partial charge is 0.387 e. The molecular weight excluding hydrogens is 226 g/mol. The van der Waals surface area contributed by atoms with Gasteiger partial charge in [0, 0.05) is 19.7 Å². The monoisotopic (exact) mass is 249 g/mol. The predicted octanol–water partition coefficient (Wildman–Crippen LogP) is 1.67. The number of rotatable bonds is 7.